The number of sulfonamides is 1. The molecule has 2 rings (SSSR count). The number of hydrogen-bond donors (Lipinski definition) is 0. The zero-order chi connectivity index (χ0) is 20.1. The van der Waals surface area contributed by atoms with Gasteiger partial charge in [-0.2, -0.15) is 4.31 Å². The van der Waals surface area contributed by atoms with Gasteiger partial charge in [0, 0.05) is 0 Å². The molecule has 0 saturated heterocycles. The summed E-state index contributed by atoms with van der Waals surface area (Å²) in [6.45, 7) is 12.4. The molecule has 27 heavy (non-hydrogen) atoms. The summed E-state index contributed by atoms with van der Waals surface area (Å²) in [4.78, 5) is 0.269. The molecule has 0 aromatic heterocycles. The minimum Gasteiger partial charge on any atom is -0.207 e. The van der Waals surface area contributed by atoms with E-state index in [-0.39, 0.29) is 11.4 Å². The van der Waals surface area contributed by atoms with Crippen molar-refractivity contribution in [1.29, 1.82) is 0 Å². The lowest BCUT2D eigenvalue weighted by Gasteiger charge is -2.28. The SMILES string of the molecule is C=C[C@@H](c1ccccc1)N(CC#C[Si](C)(C)C)S(=O)(=O)c1ccc(C)cc1. The Morgan fingerprint density at radius 2 is 1.67 bits per heavy atom. The van der Waals surface area contributed by atoms with Crippen molar-refractivity contribution in [3.63, 3.8) is 0 Å². The molecule has 3 nitrogen and oxygen atoms in total. The Bertz CT molecular complexity index is 934. The van der Waals surface area contributed by atoms with Crippen molar-refractivity contribution < 1.29 is 8.42 Å². The molecule has 0 saturated carbocycles. The van der Waals surface area contributed by atoms with E-state index in [1.54, 1.807) is 18.2 Å². The first-order valence-electron chi connectivity index (χ1n) is 8.91. The third-order valence-corrected chi connectivity index (χ3v) is 6.77. The Balaban J connectivity index is 2.52. The molecule has 0 amide bonds. The minimum absolute atomic E-state index is 0.131. The fourth-order valence-electron chi connectivity index (χ4n) is 2.63. The lowest BCUT2D eigenvalue weighted by molar-refractivity contribution is 0.402. The molecule has 5 heteroatoms. The van der Waals surface area contributed by atoms with Gasteiger partial charge in [-0.05, 0) is 24.6 Å². The maximum atomic E-state index is 13.4. The molecular weight excluding hydrogens is 370 g/mol. The van der Waals surface area contributed by atoms with Gasteiger partial charge in [-0.15, -0.1) is 12.1 Å². The number of nitrogens with zero attached hydrogens (tertiary/aromatic N) is 1. The van der Waals surface area contributed by atoms with Crippen molar-refractivity contribution in [2.24, 2.45) is 0 Å². The summed E-state index contributed by atoms with van der Waals surface area (Å²) in [7, 11) is -5.32. The molecule has 0 aliphatic rings. The molecule has 0 radical (unpaired) electrons. The first-order valence-corrected chi connectivity index (χ1v) is 13.9. The molecular formula is C22H27NO2SSi. The van der Waals surface area contributed by atoms with Crippen LogP contribution in [0.5, 0.6) is 0 Å². The summed E-state index contributed by atoms with van der Waals surface area (Å²) in [5.41, 5.74) is 5.15. The van der Waals surface area contributed by atoms with E-state index < -0.39 is 24.1 Å². The van der Waals surface area contributed by atoms with Crippen LogP contribution in [0.1, 0.15) is 17.2 Å². The van der Waals surface area contributed by atoms with Crippen molar-refractivity contribution in [3.05, 3.63) is 78.4 Å². The van der Waals surface area contributed by atoms with Crippen LogP contribution in [-0.4, -0.2) is 27.3 Å². The molecule has 2 aromatic rings. The molecule has 0 N–H and O–H groups in total. The highest BCUT2D eigenvalue weighted by atomic mass is 32.2. The number of hydrogen-bond acceptors (Lipinski definition) is 2. The lowest BCUT2D eigenvalue weighted by atomic mass is 10.1. The van der Waals surface area contributed by atoms with Crippen molar-refractivity contribution in [2.75, 3.05) is 6.54 Å². The molecule has 0 fully saturated rings. The molecule has 0 spiro atoms. The second-order valence-corrected chi connectivity index (χ2v) is 14.1. The van der Waals surface area contributed by atoms with E-state index in [4.69, 9.17) is 0 Å². The zero-order valence-electron chi connectivity index (χ0n) is 16.4. The van der Waals surface area contributed by atoms with Crippen molar-refractivity contribution in [2.45, 2.75) is 37.5 Å². The highest BCUT2D eigenvalue weighted by Gasteiger charge is 2.30. The average Bonchev–Trinajstić information content (AvgIpc) is 2.61. The van der Waals surface area contributed by atoms with Crippen molar-refractivity contribution >= 4 is 18.1 Å². The molecule has 0 heterocycles. The maximum Gasteiger partial charge on any atom is 0.244 e. The first-order chi connectivity index (χ1) is 12.6. The van der Waals surface area contributed by atoms with Crippen LogP contribution in [0.4, 0.5) is 0 Å². The van der Waals surface area contributed by atoms with Gasteiger partial charge in [-0.1, -0.05) is 79.7 Å². The number of aryl methyl sites for hydroxylation is 1. The van der Waals surface area contributed by atoms with E-state index in [2.05, 4.69) is 37.7 Å². The van der Waals surface area contributed by atoms with Crippen molar-refractivity contribution in [1.82, 2.24) is 4.31 Å². The quantitative estimate of drug-likeness (QED) is 0.399. The molecule has 142 valence electrons. The average molecular weight is 398 g/mol. The molecule has 0 bridgehead atoms. The van der Waals surface area contributed by atoms with Gasteiger partial charge in [-0.25, -0.2) is 8.42 Å². The Hall–Kier alpha value is -2.13. The van der Waals surface area contributed by atoms with E-state index in [9.17, 15) is 8.42 Å². The van der Waals surface area contributed by atoms with Crippen LogP contribution < -0.4 is 0 Å². The summed E-state index contributed by atoms with van der Waals surface area (Å²) in [6, 6.07) is 16.0. The van der Waals surface area contributed by atoms with Crippen LogP contribution in [0, 0.1) is 18.4 Å². The normalized spacial score (nSPS) is 12.9. The van der Waals surface area contributed by atoms with Crippen LogP contribution in [0.15, 0.2) is 72.1 Å². The summed E-state index contributed by atoms with van der Waals surface area (Å²) < 4.78 is 28.2. The van der Waals surface area contributed by atoms with E-state index in [0.717, 1.165) is 11.1 Å². The Morgan fingerprint density at radius 3 is 2.19 bits per heavy atom. The highest BCUT2D eigenvalue weighted by molar-refractivity contribution is 7.89. The van der Waals surface area contributed by atoms with Crippen LogP contribution in [0.25, 0.3) is 0 Å². The fraction of sp³-hybridized carbons (Fsp3) is 0.273. The van der Waals surface area contributed by atoms with Crippen LogP contribution in [0.2, 0.25) is 19.6 Å². The largest absolute Gasteiger partial charge is 0.244 e. The standard InChI is InChI=1S/C22H27NO2SSi/c1-6-22(20-11-8-7-9-12-20)23(17-10-18-27(3,4)5)26(24,25)21-15-13-19(2)14-16-21/h6-9,11-16,22H,1,17H2,2-5H3/t22-/m0/s1. The molecule has 1 atom stereocenters. The van der Waals surface area contributed by atoms with Crippen LogP contribution in [0.3, 0.4) is 0 Å². The van der Waals surface area contributed by atoms with Gasteiger partial charge in [-0.3, -0.25) is 0 Å². The summed E-state index contributed by atoms with van der Waals surface area (Å²) in [5, 5.41) is 0. The second-order valence-electron chi connectivity index (χ2n) is 7.51. The van der Waals surface area contributed by atoms with Gasteiger partial charge in [0.05, 0.1) is 17.5 Å². The van der Waals surface area contributed by atoms with Gasteiger partial charge >= 0.3 is 0 Å². The molecule has 2 aromatic carbocycles. The van der Waals surface area contributed by atoms with E-state index >= 15 is 0 Å². The number of benzene rings is 2. The van der Waals surface area contributed by atoms with Gasteiger partial charge in [0.15, 0.2) is 0 Å². The second kappa shape index (κ2) is 8.70. The third-order valence-electron chi connectivity index (χ3n) is 4.00. The summed E-state index contributed by atoms with van der Waals surface area (Å²) in [5.74, 6) is 3.11. The molecule has 0 aliphatic carbocycles. The highest BCUT2D eigenvalue weighted by Crippen LogP contribution is 2.28. The van der Waals surface area contributed by atoms with Crippen LogP contribution >= 0.6 is 0 Å². The van der Waals surface area contributed by atoms with E-state index in [1.807, 2.05) is 49.4 Å². The lowest BCUT2D eigenvalue weighted by Crippen LogP contribution is -2.35. The van der Waals surface area contributed by atoms with Gasteiger partial charge in [0.2, 0.25) is 10.0 Å². The summed E-state index contributed by atoms with van der Waals surface area (Å²) >= 11 is 0. The third kappa shape index (κ3) is 5.67. The topological polar surface area (TPSA) is 37.4 Å². The predicted molar refractivity (Wildman–Crippen MR) is 116 cm³/mol. The van der Waals surface area contributed by atoms with Gasteiger partial charge < -0.3 is 0 Å². The summed E-state index contributed by atoms with van der Waals surface area (Å²) in [6.07, 6.45) is 1.66. The van der Waals surface area contributed by atoms with Gasteiger partial charge in [0.25, 0.3) is 0 Å². The minimum atomic E-state index is -3.72. The predicted octanol–water partition coefficient (Wildman–Crippen LogP) is 4.79. The van der Waals surface area contributed by atoms with E-state index in [0.29, 0.717) is 0 Å². The van der Waals surface area contributed by atoms with Gasteiger partial charge in [0.1, 0.15) is 8.07 Å². The number of rotatable bonds is 6. The fourth-order valence-corrected chi connectivity index (χ4v) is 4.73. The first kappa shape index (κ1) is 21.2. The van der Waals surface area contributed by atoms with E-state index in [1.165, 1.54) is 4.31 Å². The zero-order valence-corrected chi connectivity index (χ0v) is 18.3. The monoisotopic (exact) mass is 397 g/mol. The maximum absolute atomic E-state index is 13.4. The Morgan fingerprint density at radius 1 is 1.07 bits per heavy atom. The molecule has 0 aliphatic heterocycles. The Kier molecular flexibility index (Phi) is 6.82. The van der Waals surface area contributed by atoms with Crippen LogP contribution in [-0.2, 0) is 10.0 Å². The Labute approximate surface area is 164 Å². The smallest absolute Gasteiger partial charge is 0.207 e. The molecule has 0 unspecified atom stereocenters. The van der Waals surface area contributed by atoms with Crippen molar-refractivity contribution in [3.8, 4) is 11.5 Å².